The average molecular weight is 933 g/mol. The second-order valence-electron chi connectivity index (χ2n) is 15.6. The van der Waals surface area contributed by atoms with Gasteiger partial charge in [0.2, 0.25) is 0 Å². The van der Waals surface area contributed by atoms with E-state index >= 15 is 0 Å². The Morgan fingerprint density at radius 2 is 0.857 bits per heavy atom. The van der Waals surface area contributed by atoms with Crippen LogP contribution in [-0.4, -0.2) is 309 Å². The molecule has 5 fully saturated rings. The lowest BCUT2D eigenvalue weighted by Crippen LogP contribution is -2.67. The number of aliphatic hydroxyl groups excluding tert-OH is 19. The summed E-state index contributed by atoms with van der Waals surface area (Å²) >= 11 is 0. The Hall–Kier alpha value is -1.16. The molecule has 5 aliphatic rings. The topological polar surface area (TPSA) is 477 Å². The van der Waals surface area contributed by atoms with Gasteiger partial charge < -0.3 is 144 Å². The van der Waals surface area contributed by atoms with Crippen molar-refractivity contribution < 1.29 is 144 Å². The molecule has 29 heteroatoms. The second-order valence-corrected chi connectivity index (χ2v) is 15.6. The molecule has 0 aromatic heterocycles. The molecule has 370 valence electrons. The zero-order valence-electron chi connectivity index (χ0n) is 33.1. The van der Waals surface area contributed by atoms with E-state index in [1.165, 1.54) is 0 Å². The van der Waals surface area contributed by atoms with Crippen LogP contribution in [-0.2, 0) is 47.4 Å². The van der Waals surface area contributed by atoms with E-state index in [9.17, 15) is 97.0 Å². The summed E-state index contributed by atoms with van der Waals surface area (Å²) < 4.78 is 55.9. The van der Waals surface area contributed by atoms with Crippen molar-refractivity contribution in [1.82, 2.24) is 0 Å². The maximum Gasteiger partial charge on any atom is 0.187 e. The first-order chi connectivity index (χ1) is 29.8. The Balaban J connectivity index is 1.38. The summed E-state index contributed by atoms with van der Waals surface area (Å²) in [5.41, 5.74) is 0. The van der Waals surface area contributed by atoms with Gasteiger partial charge in [-0.1, -0.05) is 0 Å². The molecular weight excluding hydrogens is 872 g/mol. The first-order valence-electron chi connectivity index (χ1n) is 19.9. The number of hydrogen-bond donors (Lipinski definition) is 19. The van der Waals surface area contributed by atoms with Crippen LogP contribution >= 0.6 is 0 Å². The van der Waals surface area contributed by atoms with Gasteiger partial charge in [-0.05, 0) is 0 Å². The zero-order valence-corrected chi connectivity index (χ0v) is 33.1. The van der Waals surface area contributed by atoms with Gasteiger partial charge in [0.15, 0.2) is 31.5 Å². The molecule has 5 heterocycles. The third-order valence-corrected chi connectivity index (χ3v) is 11.3. The number of aliphatic hydroxyl groups is 19. The molecule has 29 nitrogen and oxygen atoms in total. The van der Waals surface area contributed by atoms with Crippen LogP contribution in [0, 0.1) is 0 Å². The third-order valence-electron chi connectivity index (χ3n) is 11.3. The van der Waals surface area contributed by atoms with Crippen molar-refractivity contribution in [2.75, 3.05) is 46.2 Å². The number of hydrogen-bond acceptors (Lipinski definition) is 29. The molecule has 27 atom stereocenters. The smallest absolute Gasteiger partial charge is 0.187 e. The average Bonchev–Trinajstić information content (AvgIpc) is 3.55. The lowest BCUT2D eigenvalue weighted by molar-refractivity contribution is -0.387. The Kier molecular flexibility index (Phi) is 19.5. The molecule has 5 aliphatic heterocycles. The van der Waals surface area contributed by atoms with Crippen molar-refractivity contribution in [3.05, 3.63) is 0 Å². The fraction of sp³-hybridized carbons (Fsp3) is 1.00. The quantitative estimate of drug-likeness (QED) is 0.0572. The van der Waals surface area contributed by atoms with Gasteiger partial charge in [0.25, 0.3) is 0 Å². The lowest BCUT2D eigenvalue weighted by Gasteiger charge is -2.49. The molecule has 0 bridgehead atoms. The highest BCUT2D eigenvalue weighted by Gasteiger charge is 2.55. The molecule has 0 unspecified atom stereocenters. The van der Waals surface area contributed by atoms with Crippen LogP contribution in [0.1, 0.15) is 0 Å². The van der Waals surface area contributed by atoms with Crippen LogP contribution in [0.5, 0.6) is 0 Å². The Labute approximate surface area is 356 Å². The monoisotopic (exact) mass is 932 g/mol. The van der Waals surface area contributed by atoms with E-state index < -0.39 is 212 Å². The van der Waals surface area contributed by atoms with Gasteiger partial charge in [-0.3, -0.25) is 0 Å². The zero-order chi connectivity index (χ0) is 46.6. The molecule has 0 saturated carbocycles. The molecule has 5 saturated heterocycles. The molecule has 63 heavy (non-hydrogen) atoms. The molecule has 0 radical (unpaired) electrons. The highest BCUT2D eigenvalue weighted by Crippen LogP contribution is 2.35. The summed E-state index contributed by atoms with van der Waals surface area (Å²) in [4.78, 5) is 0. The van der Waals surface area contributed by atoms with Crippen LogP contribution in [0.2, 0.25) is 0 Å². The Bertz CT molecular complexity index is 1360. The van der Waals surface area contributed by atoms with E-state index in [0.29, 0.717) is 0 Å². The molecular formula is C34H60O29. The van der Waals surface area contributed by atoms with Gasteiger partial charge in [-0.25, -0.2) is 0 Å². The Morgan fingerprint density at radius 3 is 1.38 bits per heavy atom. The predicted molar refractivity (Wildman–Crippen MR) is 189 cm³/mol. The van der Waals surface area contributed by atoms with Crippen molar-refractivity contribution in [3.8, 4) is 0 Å². The first kappa shape index (κ1) is 52.8. The fourth-order valence-corrected chi connectivity index (χ4v) is 7.50. The van der Waals surface area contributed by atoms with E-state index in [1.807, 2.05) is 0 Å². The van der Waals surface area contributed by atoms with Crippen molar-refractivity contribution in [2.24, 2.45) is 0 Å². The third kappa shape index (κ3) is 11.6. The summed E-state index contributed by atoms with van der Waals surface area (Å²) in [5, 5.41) is 197. The van der Waals surface area contributed by atoms with Gasteiger partial charge in [-0.2, -0.15) is 0 Å². The molecule has 0 amide bonds. The Morgan fingerprint density at radius 1 is 0.429 bits per heavy atom. The van der Waals surface area contributed by atoms with E-state index in [1.54, 1.807) is 0 Å². The van der Waals surface area contributed by atoms with Crippen LogP contribution < -0.4 is 0 Å². The molecule has 0 spiro atoms. The van der Waals surface area contributed by atoms with Gasteiger partial charge in [-0.15, -0.1) is 0 Å². The summed E-state index contributed by atoms with van der Waals surface area (Å²) in [6.45, 7) is -6.24. The summed E-state index contributed by atoms with van der Waals surface area (Å²) in [7, 11) is 0. The molecule has 5 rings (SSSR count). The largest absolute Gasteiger partial charge is 0.394 e. The molecule has 0 aromatic rings. The van der Waals surface area contributed by atoms with Crippen molar-refractivity contribution >= 4 is 0 Å². The van der Waals surface area contributed by atoms with E-state index in [2.05, 4.69) is 0 Å². The van der Waals surface area contributed by atoms with Gasteiger partial charge >= 0.3 is 0 Å². The predicted octanol–water partition coefficient (Wildman–Crippen LogP) is -13.2. The van der Waals surface area contributed by atoms with Crippen LogP contribution in [0.4, 0.5) is 0 Å². The highest BCUT2D eigenvalue weighted by molar-refractivity contribution is 4.98. The number of rotatable bonds is 19. The first-order valence-corrected chi connectivity index (χ1v) is 19.9. The minimum atomic E-state index is -2.22. The normalized spacial score (nSPS) is 48.1. The van der Waals surface area contributed by atoms with Crippen molar-refractivity contribution in [1.29, 1.82) is 0 Å². The maximum atomic E-state index is 11.5. The fourth-order valence-electron chi connectivity index (χ4n) is 7.50. The minimum absolute atomic E-state index is 0.582. The minimum Gasteiger partial charge on any atom is -0.394 e. The summed E-state index contributed by atoms with van der Waals surface area (Å²) in [6, 6.07) is 0. The highest BCUT2D eigenvalue weighted by atomic mass is 16.8. The lowest BCUT2D eigenvalue weighted by atomic mass is 9.96. The standard InChI is InChI=1S/C34H60O29/c35-1-8(40)15(43)26(9(41)2-36)60-32-24(52)20(48)27(13(5-39)58-32)61-33-25(53)21(49)28(62-31-23(51)19(47)17(45)11(3-37)56-31)14(59-33)7-55-34-29(16(44)10(42)6-54-34)63-30-22(50)18(46)12(4-38)57-30/h8-53H,1-7H2/t8-,9+,10+,11+,12-,13+,14+,15+,16-,17+,18-,19-,20+,21+,22+,23+,24+,25+,26+,27+,28+,29+,30-,31-,32-,33-,34+/m0/s1. The second kappa shape index (κ2) is 23.2. The van der Waals surface area contributed by atoms with E-state index in [0.717, 1.165) is 0 Å². The van der Waals surface area contributed by atoms with Crippen molar-refractivity contribution in [2.45, 2.75) is 166 Å². The van der Waals surface area contributed by atoms with Gasteiger partial charge in [0.1, 0.15) is 134 Å². The maximum absolute atomic E-state index is 11.5. The van der Waals surface area contributed by atoms with Crippen molar-refractivity contribution in [3.63, 3.8) is 0 Å². The van der Waals surface area contributed by atoms with E-state index in [4.69, 9.17) is 47.4 Å². The number of ether oxygens (including phenoxy) is 10. The van der Waals surface area contributed by atoms with Crippen LogP contribution in [0.3, 0.4) is 0 Å². The molecule has 0 aromatic carbocycles. The van der Waals surface area contributed by atoms with Crippen LogP contribution in [0.15, 0.2) is 0 Å². The summed E-state index contributed by atoms with van der Waals surface area (Å²) in [6.07, 6.45) is -50.9. The summed E-state index contributed by atoms with van der Waals surface area (Å²) in [5.74, 6) is 0. The van der Waals surface area contributed by atoms with Crippen LogP contribution in [0.25, 0.3) is 0 Å². The molecule has 19 N–H and O–H groups in total. The molecule has 0 aliphatic carbocycles. The SMILES string of the molecule is OC[C@@H](O)[C@@H](O[C@@H]1O[C@H](CO)[C@@H](O[C@@H]2O[C@H](CO[C@H]3OC[C@@H](O)[C@H](O)[C@H]3O[C@@H]3O[C@@H](CO)[C@H](O)[C@H]3O)[C@@H](O[C@@H]3O[C@H](CO)[C@@H](O)[C@H](O)[C@H]3O)[C@H](O)[C@H]2O)[C@H](O)[C@H]1O)[C@H](O)[C@@H](O)CO. The van der Waals surface area contributed by atoms with Gasteiger partial charge in [0, 0.05) is 0 Å². The van der Waals surface area contributed by atoms with Gasteiger partial charge in [0.05, 0.1) is 46.2 Å². The van der Waals surface area contributed by atoms with E-state index in [-0.39, 0.29) is 0 Å².